The number of benzene rings is 1. The molecule has 0 aliphatic carbocycles. The molecule has 1 heterocycles. The third-order valence-electron chi connectivity index (χ3n) is 4.64. The second-order valence-electron chi connectivity index (χ2n) is 6.32. The first kappa shape index (κ1) is 18.5. The second kappa shape index (κ2) is 8.83. The monoisotopic (exact) mass is 332 g/mol. The molecule has 0 saturated carbocycles. The molecule has 0 bridgehead atoms. The van der Waals surface area contributed by atoms with Gasteiger partial charge in [0.25, 0.3) is 0 Å². The molecule has 5 heteroatoms. The number of methoxy groups -OCH3 is 1. The van der Waals surface area contributed by atoms with Crippen molar-refractivity contribution in [1.82, 2.24) is 10.2 Å². The summed E-state index contributed by atoms with van der Waals surface area (Å²) < 4.78 is 5.17. The molecule has 1 aromatic rings. The van der Waals surface area contributed by atoms with E-state index < -0.39 is 0 Å². The largest absolute Gasteiger partial charge is 0.383 e. The number of hydrogen-bond acceptors (Lipinski definition) is 3. The Balaban J connectivity index is 2.36. The van der Waals surface area contributed by atoms with Crippen LogP contribution in [0.4, 0.5) is 0 Å². The molecule has 1 fully saturated rings. The average molecular weight is 332 g/mol. The van der Waals surface area contributed by atoms with Gasteiger partial charge in [0.05, 0.1) is 18.6 Å². The number of nitrogens with one attached hydrogen (secondary N) is 1. The van der Waals surface area contributed by atoms with Crippen LogP contribution in [0.2, 0.25) is 0 Å². The number of nitrogens with zero attached hydrogens (tertiary/aromatic N) is 1. The van der Waals surface area contributed by atoms with Crippen LogP contribution < -0.4 is 5.32 Å². The molecule has 0 radical (unpaired) electrons. The van der Waals surface area contributed by atoms with Crippen molar-refractivity contribution in [1.29, 1.82) is 0 Å². The number of hydrogen-bond donors (Lipinski definition) is 1. The molecule has 132 valence electrons. The van der Waals surface area contributed by atoms with Crippen molar-refractivity contribution in [3.63, 3.8) is 0 Å². The van der Waals surface area contributed by atoms with Gasteiger partial charge >= 0.3 is 0 Å². The first-order valence-electron chi connectivity index (χ1n) is 8.71. The Bertz CT molecular complexity index is 573. The summed E-state index contributed by atoms with van der Waals surface area (Å²) in [4.78, 5) is 27.0. The fourth-order valence-corrected chi connectivity index (χ4v) is 3.36. The van der Waals surface area contributed by atoms with Gasteiger partial charge in [-0.1, -0.05) is 31.2 Å². The minimum atomic E-state index is -0.223. The summed E-state index contributed by atoms with van der Waals surface area (Å²) in [6.07, 6.45) is 1.91. The highest BCUT2D eigenvalue weighted by Gasteiger charge is 2.40. The molecular formula is C19H28N2O3. The van der Waals surface area contributed by atoms with Crippen LogP contribution >= 0.6 is 0 Å². The molecule has 1 N–H and O–H groups in total. The maximum Gasteiger partial charge on any atom is 0.225 e. The van der Waals surface area contributed by atoms with E-state index in [9.17, 15) is 9.59 Å². The highest BCUT2D eigenvalue weighted by atomic mass is 16.5. The van der Waals surface area contributed by atoms with E-state index in [1.54, 1.807) is 7.11 Å². The van der Waals surface area contributed by atoms with Crippen molar-refractivity contribution < 1.29 is 14.3 Å². The van der Waals surface area contributed by atoms with Crippen molar-refractivity contribution in [3.05, 3.63) is 35.4 Å². The van der Waals surface area contributed by atoms with Crippen molar-refractivity contribution in [2.75, 3.05) is 26.8 Å². The number of piperidine rings is 1. The Labute approximate surface area is 144 Å². The van der Waals surface area contributed by atoms with E-state index in [2.05, 4.69) is 5.32 Å². The quantitative estimate of drug-likeness (QED) is 0.834. The summed E-state index contributed by atoms with van der Waals surface area (Å²) in [7, 11) is 1.63. The molecule has 1 saturated heterocycles. The number of amides is 2. The average Bonchev–Trinajstić information content (AvgIpc) is 2.59. The minimum absolute atomic E-state index is 0.0417. The van der Waals surface area contributed by atoms with E-state index in [0.29, 0.717) is 32.5 Å². The summed E-state index contributed by atoms with van der Waals surface area (Å²) in [6.45, 7) is 5.71. The smallest absolute Gasteiger partial charge is 0.225 e. The number of carbonyl (C=O) groups excluding carboxylic acids is 2. The number of carbonyl (C=O) groups is 2. The number of rotatable bonds is 7. The molecule has 2 amide bonds. The van der Waals surface area contributed by atoms with Crippen LogP contribution in [-0.4, -0.2) is 43.5 Å². The van der Waals surface area contributed by atoms with Crippen LogP contribution in [0.15, 0.2) is 24.3 Å². The zero-order valence-corrected chi connectivity index (χ0v) is 14.9. The fraction of sp³-hybridized carbons (Fsp3) is 0.579. The lowest BCUT2D eigenvalue weighted by molar-refractivity contribution is -0.144. The molecule has 2 rings (SSSR count). The Morgan fingerprint density at radius 1 is 1.38 bits per heavy atom. The molecule has 1 aliphatic rings. The Kier molecular flexibility index (Phi) is 6.79. The summed E-state index contributed by atoms with van der Waals surface area (Å²) >= 11 is 0. The Morgan fingerprint density at radius 2 is 2.12 bits per heavy atom. The number of likely N-dealkylation sites (tertiary alicyclic amines) is 1. The van der Waals surface area contributed by atoms with E-state index in [-0.39, 0.29) is 23.8 Å². The maximum atomic E-state index is 12.7. The lowest BCUT2D eigenvalue weighted by Gasteiger charge is -2.41. The van der Waals surface area contributed by atoms with Crippen LogP contribution in [0.3, 0.4) is 0 Å². The molecule has 1 aromatic carbocycles. The third-order valence-corrected chi connectivity index (χ3v) is 4.64. The SMILES string of the molecule is CCCNC(=O)[C@@H]1CCC(=O)N(CCOC)[C@H]1c1ccccc1C. The van der Waals surface area contributed by atoms with Crippen LogP contribution in [0.5, 0.6) is 0 Å². The van der Waals surface area contributed by atoms with Crippen molar-refractivity contribution in [2.24, 2.45) is 5.92 Å². The van der Waals surface area contributed by atoms with Gasteiger partial charge in [-0.15, -0.1) is 0 Å². The van der Waals surface area contributed by atoms with Gasteiger partial charge in [0, 0.05) is 26.6 Å². The van der Waals surface area contributed by atoms with Gasteiger partial charge in [-0.3, -0.25) is 9.59 Å². The molecule has 5 nitrogen and oxygen atoms in total. The highest BCUT2D eigenvalue weighted by Crippen LogP contribution is 2.38. The van der Waals surface area contributed by atoms with Gasteiger partial charge in [-0.05, 0) is 30.9 Å². The molecule has 0 unspecified atom stereocenters. The van der Waals surface area contributed by atoms with Gasteiger partial charge in [0.1, 0.15) is 0 Å². The van der Waals surface area contributed by atoms with Crippen LogP contribution in [0.25, 0.3) is 0 Å². The first-order valence-corrected chi connectivity index (χ1v) is 8.71. The standard InChI is InChI=1S/C19H28N2O3/c1-4-11-20-19(23)16-9-10-17(22)21(12-13-24-3)18(16)15-8-6-5-7-14(15)2/h5-8,16,18H,4,9-13H2,1-3H3,(H,20,23)/t16-,18+/m1/s1. The molecule has 0 spiro atoms. The zero-order chi connectivity index (χ0) is 17.5. The first-order chi connectivity index (χ1) is 11.6. The van der Waals surface area contributed by atoms with Crippen LogP contribution in [-0.2, 0) is 14.3 Å². The van der Waals surface area contributed by atoms with E-state index in [1.165, 1.54) is 0 Å². The van der Waals surface area contributed by atoms with Crippen LogP contribution in [0.1, 0.15) is 43.4 Å². The molecule has 2 atom stereocenters. The van der Waals surface area contributed by atoms with Gasteiger partial charge in [-0.2, -0.15) is 0 Å². The van der Waals surface area contributed by atoms with Gasteiger partial charge in [-0.25, -0.2) is 0 Å². The lowest BCUT2D eigenvalue weighted by Crippen LogP contribution is -2.49. The second-order valence-corrected chi connectivity index (χ2v) is 6.32. The fourth-order valence-electron chi connectivity index (χ4n) is 3.36. The predicted molar refractivity (Wildman–Crippen MR) is 93.5 cm³/mol. The normalized spacial score (nSPS) is 21.0. The molecular weight excluding hydrogens is 304 g/mol. The third kappa shape index (κ3) is 4.15. The van der Waals surface area contributed by atoms with Crippen molar-refractivity contribution in [3.8, 4) is 0 Å². The predicted octanol–water partition coefficient (Wildman–Crippen LogP) is 2.45. The van der Waals surface area contributed by atoms with Crippen molar-refractivity contribution >= 4 is 11.8 Å². The minimum Gasteiger partial charge on any atom is -0.383 e. The van der Waals surface area contributed by atoms with E-state index in [4.69, 9.17) is 4.74 Å². The van der Waals surface area contributed by atoms with Gasteiger partial charge in [0.15, 0.2) is 0 Å². The topological polar surface area (TPSA) is 58.6 Å². The van der Waals surface area contributed by atoms with E-state index >= 15 is 0 Å². The molecule has 0 aromatic heterocycles. The molecule has 1 aliphatic heterocycles. The Hall–Kier alpha value is -1.88. The summed E-state index contributed by atoms with van der Waals surface area (Å²) in [5.74, 6) is -0.0768. The summed E-state index contributed by atoms with van der Waals surface area (Å²) in [6, 6.07) is 7.79. The maximum absolute atomic E-state index is 12.7. The van der Waals surface area contributed by atoms with E-state index in [0.717, 1.165) is 17.5 Å². The number of aryl methyl sites for hydroxylation is 1. The number of ether oxygens (including phenoxy) is 1. The summed E-state index contributed by atoms with van der Waals surface area (Å²) in [5.41, 5.74) is 2.16. The van der Waals surface area contributed by atoms with Crippen molar-refractivity contribution in [2.45, 2.75) is 39.2 Å². The highest BCUT2D eigenvalue weighted by molar-refractivity contribution is 5.85. The Morgan fingerprint density at radius 3 is 2.79 bits per heavy atom. The lowest BCUT2D eigenvalue weighted by atomic mass is 9.82. The van der Waals surface area contributed by atoms with Gasteiger partial charge in [0.2, 0.25) is 11.8 Å². The van der Waals surface area contributed by atoms with Gasteiger partial charge < -0.3 is 15.0 Å². The van der Waals surface area contributed by atoms with Crippen LogP contribution in [0, 0.1) is 12.8 Å². The molecule has 24 heavy (non-hydrogen) atoms. The zero-order valence-electron chi connectivity index (χ0n) is 14.9. The van der Waals surface area contributed by atoms with E-state index in [1.807, 2.05) is 43.0 Å². The summed E-state index contributed by atoms with van der Waals surface area (Å²) in [5, 5.41) is 3.00.